The molecular weight excluding hydrogens is 232 g/mol. The molecule has 2 aromatic carbocycles. The summed E-state index contributed by atoms with van der Waals surface area (Å²) in [5, 5.41) is 0. The van der Waals surface area contributed by atoms with Gasteiger partial charge in [0.05, 0.1) is 6.04 Å². The summed E-state index contributed by atoms with van der Waals surface area (Å²) in [6.07, 6.45) is 1.11. The fourth-order valence-electron chi connectivity index (χ4n) is 3.11. The Bertz CT molecular complexity index is 604. The lowest BCUT2D eigenvalue weighted by Crippen LogP contribution is -2.37. The molecule has 0 fully saturated rings. The average Bonchev–Trinajstić information content (AvgIpc) is 2.39. The van der Waals surface area contributed by atoms with Crippen molar-refractivity contribution in [3.63, 3.8) is 0 Å². The molecule has 0 spiro atoms. The van der Waals surface area contributed by atoms with Crippen LogP contribution >= 0.6 is 0 Å². The molecule has 3 N–H and O–H groups in total. The summed E-state index contributed by atoms with van der Waals surface area (Å²) in [5.74, 6) is 6.33. The SMILES string of the molecule is Cc1ccc(C)c(C(NN)C2Cc3ccccc32)c1. The normalized spacial score (nSPS) is 18.6. The van der Waals surface area contributed by atoms with Gasteiger partial charge in [0.2, 0.25) is 0 Å². The van der Waals surface area contributed by atoms with E-state index in [1.807, 2.05) is 0 Å². The van der Waals surface area contributed by atoms with Gasteiger partial charge in [-0.15, -0.1) is 0 Å². The van der Waals surface area contributed by atoms with E-state index in [9.17, 15) is 0 Å². The van der Waals surface area contributed by atoms with Crippen molar-refractivity contribution in [2.24, 2.45) is 5.84 Å². The zero-order valence-corrected chi connectivity index (χ0v) is 11.5. The molecule has 2 atom stereocenters. The Morgan fingerprint density at radius 2 is 1.95 bits per heavy atom. The Morgan fingerprint density at radius 3 is 2.68 bits per heavy atom. The van der Waals surface area contributed by atoms with Gasteiger partial charge < -0.3 is 0 Å². The van der Waals surface area contributed by atoms with E-state index in [2.05, 4.69) is 61.7 Å². The fourth-order valence-corrected chi connectivity index (χ4v) is 3.11. The van der Waals surface area contributed by atoms with Crippen LogP contribution in [0.25, 0.3) is 0 Å². The molecule has 3 rings (SSSR count). The van der Waals surface area contributed by atoms with Crippen LogP contribution in [0.2, 0.25) is 0 Å². The van der Waals surface area contributed by atoms with E-state index < -0.39 is 0 Å². The molecule has 2 nitrogen and oxygen atoms in total. The Kier molecular flexibility index (Phi) is 3.13. The van der Waals surface area contributed by atoms with Gasteiger partial charge in [-0.1, -0.05) is 48.0 Å². The number of hydrazine groups is 1. The highest BCUT2D eigenvalue weighted by molar-refractivity contribution is 5.44. The average molecular weight is 252 g/mol. The minimum Gasteiger partial charge on any atom is -0.271 e. The Balaban J connectivity index is 1.97. The first-order valence-electron chi connectivity index (χ1n) is 6.82. The second-order valence-electron chi connectivity index (χ2n) is 5.51. The maximum Gasteiger partial charge on any atom is 0.0534 e. The van der Waals surface area contributed by atoms with Crippen LogP contribution in [0.4, 0.5) is 0 Å². The van der Waals surface area contributed by atoms with Crippen LogP contribution in [0.15, 0.2) is 42.5 Å². The van der Waals surface area contributed by atoms with Crippen LogP contribution in [0.3, 0.4) is 0 Å². The smallest absolute Gasteiger partial charge is 0.0534 e. The van der Waals surface area contributed by atoms with Gasteiger partial charge in [0, 0.05) is 5.92 Å². The topological polar surface area (TPSA) is 38.0 Å². The van der Waals surface area contributed by atoms with Crippen LogP contribution in [-0.4, -0.2) is 0 Å². The molecule has 0 radical (unpaired) electrons. The third-order valence-corrected chi connectivity index (χ3v) is 4.25. The molecule has 1 aliphatic rings. The number of nitrogens with one attached hydrogen (secondary N) is 1. The number of rotatable bonds is 3. The highest BCUT2D eigenvalue weighted by Gasteiger charge is 2.33. The summed E-state index contributed by atoms with van der Waals surface area (Å²) in [4.78, 5) is 0. The Hall–Kier alpha value is -1.64. The number of nitrogens with two attached hydrogens (primary N) is 1. The van der Waals surface area contributed by atoms with Crippen LogP contribution < -0.4 is 11.3 Å². The predicted molar refractivity (Wildman–Crippen MR) is 78.9 cm³/mol. The van der Waals surface area contributed by atoms with Gasteiger partial charge in [0.15, 0.2) is 0 Å². The maximum absolute atomic E-state index is 5.84. The van der Waals surface area contributed by atoms with Crippen molar-refractivity contribution in [2.45, 2.75) is 32.2 Å². The van der Waals surface area contributed by atoms with Crippen LogP contribution in [0, 0.1) is 13.8 Å². The third-order valence-electron chi connectivity index (χ3n) is 4.25. The molecule has 2 heteroatoms. The van der Waals surface area contributed by atoms with Gasteiger partial charge in [-0.2, -0.15) is 0 Å². The second-order valence-corrected chi connectivity index (χ2v) is 5.51. The molecule has 0 saturated heterocycles. The van der Waals surface area contributed by atoms with Crippen molar-refractivity contribution in [3.8, 4) is 0 Å². The molecule has 1 aliphatic carbocycles. The zero-order chi connectivity index (χ0) is 13.4. The number of fused-ring (bicyclic) bond motifs is 1. The quantitative estimate of drug-likeness (QED) is 0.650. The lowest BCUT2D eigenvalue weighted by molar-refractivity contribution is 0.417. The number of hydrogen-bond donors (Lipinski definition) is 2. The van der Waals surface area contributed by atoms with Crippen molar-refractivity contribution >= 4 is 0 Å². The lowest BCUT2D eigenvalue weighted by Gasteiger charge is -2.37. The Labute approximate surface area is 114 Å². The van der Waals surface area contributed by atoms with Gasteiger partial charge in [-0.3, -0.25) is 11.3 Å². The molecule has 98 valence electrons. The van der Waals surface area contributed by atoms with Gasteiger partial charge >= 0.3 is 0 Å². The summed E-state index contributed by atoms with van der Waals surface area (Å²) in [6.45, 7) is 4.29. The van der Waals surface area contributed by atoms with Gasteiger partial charge in [-0.05, 0) is 42.5 Å². The van der Waals surface area contributed by atoms with E-state index in [-0.39, 0.29) is 6.04 Å². The van der Waals surface area contributed by atoms with Crippen molar-refractivity contribution in [1.29, 1.82) is 0 Å². The molecule has 0 aromatic heterocycles. The van der Waals surface area contributed by atoms with E-state index in [1.165, 1.54) is 27.8 Å². The van der Waals surface area contributed by atoms with Crippen molar-refractivity contribution in [1.82, 2.24) is 5.43 Å². The molecule has 0 bridgehead atoms. The molecule has 0 heterocycles. The molecule has 0 aliphatic heterocycles. The van der Waals surface area contributed by atoms with E-state index in [0.29, 0.717) is 5.92 Å². The molecule has 19 heavy (non-hydrogen) atoms. The standard InChI is InChI=1S/C17H20N2/c1-11-7-8-12(2)15(9-11)17(19-18)16-10-13-5-3-4-6-14(13)16/h3-9,16-17,19H,10,18H2,1-2H3. The maximum atomic E-state index is 5.84. The van der Waals surface area contributed by atoms with E-state index >= 15 is 0 Å². The van der Waals surface area contributed by atoms with Crippen molar-refractivity contribution in [3.05, 3.63) is 70.3 Å². The molecular formula is C17H20N2. The number of hydrogen-bond acceptors (Lipinski definition) is 2. The molecule has 0 amide bonds. The minimum absolute atomic E-state index is 0.204. The van der Waals surface area contributed by atoms with Crippen molar-refractivity contribution < 1.29 is 0 Å². The number of benzene rings is 2. The predicted octanol–water partition coefficient (Wildman–Crippen LogP) is 3.15. The molecule has 2 aromatic rings. The van der Waals surface area contributed by atoms with Crippen LogP contribution in [-0.2, 0) is 6.42 Å². The fraction of sp³-hybridized carbons (Fsp3) is 0.294. The summed E-state index contributed by atoms with van der Waals surface area (Å²) >= 11 is 0. The summed E-state index contributed by atoms with van der Waals surface area (Å²) in [5.41, 5.74) is 9.83. The monoisotopic (exact) mass is 252 g/mol. The van der Waals surface area contributed by atoms with E-state index in [1.54, 1.807) is 0 Å². The third kappa shape index (κ3) is 2.07. The van der Waals surface area contributed by atoms with E-state index in [0.717, 1.165) is 6.42 Å². The highest BCUT2D eigenvalue weighted by atomic mass is 15.2. The summed E-state index contributed by atoms with van der Waals surface area (Å²) in [7, 11) is 0. The largest absolute Gasteiger partial charge is 0.271 e. The minimum atomic E-state index is 0.204. The summed E-state index contributed by atoms with van der Waals surface area (Å²) < 4.78 is 0. The second kappa shape index (κ2) is 4.80. The lowest BCUT2D eigenvalue weighted by atomic mass is 9.71. The zero-order valence-electron chi connectivity index (χ0n) is 11.5. The van der Waals surface area contributed by atoms with Gasteiger partial charge in [0.1, 0.15) is 0 Å². The van der Waals surface area contributed by atoms with Gasteiger partial charge in [-0.25, -0.2) is 0 Å². The Morgan fingerprint density at radius 1 is 1.16 bits per heavy atom. The van der Waals surface area contributed by atoms with Crippen molar-refractivity contribution in [2.75, 3.05) is 0 Å². The van der Waals surface area contributed by atoms with Crippen LogP contribution in [0.5, 0.6) is 0 Å². The number of aryl methyl sites for hydroxylation is 2. The molecule has 0 saturated carbocycles. The molecule has 2 unspecified atom stereocenters. The first-order valence-corrected chi connectivity index (χ1v) is 6.82. The first-order chi connectivity index (χ1) is 9.20. The summed E-state index contributed by atoms with van der Waals surface area (Å²) in [6, 6.07) is 15.4. The van der Waals surface area contributed by atoms with Gasteiger partial charge in [0.25, 0.3) is 0 Å². The van der Waals surface area contributed by atoms with Crippen LogP contribution in [0.1, 0.15) is 39.8 Å². The first kappa shape index (κ1) is 12.4. The van der Waals surface area contributed by atoms with E-state index in [4.69, 9.17) is 5.84 Å². The highest BCUT2D eigenvalue weighted by Crippen LogP contribution is 2.43.